The van der Waals surface area contributed by atoms with Crippen molar-refractivity contribution in [1.82, 2.24) is 5.32 Å². The molecule has 4 nitrogen and oxygen atoms in total. The van der Waals surface area contributed by atoms with Crippen molar-refractivity contribution in [3.05, 3.63) is 65.7 Å². The molecule has 2 rings (SSSR count). The number of aliphatic hydroxyl groups excluding tert-OH is 1. The Morgan fingerprint density at radius 3 is 2.22 bits per heavy atom. The monoisotopic (exact) mass is 333 g/mol. The maximum absolute atomic E-state index is 11.5. The molecule has 0 aromatic heterocycles. The van der Waals surface area contributed by atoms with E-state index in [1.54, 1.807) is 24.3 Å². The molecule has 2 N–H and O–H groups in total. The number of benzene rings is 2. The summed E-state index contributed by atoms with van der Waals surface area (Å²) in [6.07, 6.45) is 1.34. The molecule has 0 aliphatic carbocycles. The van der Waals surface area contributed by atoms with Gasteiger partial charge in [0, 0.05) is 18.8 Å². The van der Waals surface area contributed by atoms with E-state index in [-0.39, 0.29) is 6.04 Å². The SMILES string of the molecule is CC(NCC(O)Cc1ccccc1)c1ccc(S(C)(=O)=O)cc1. The molecule has 0 radical (unpaired) electrons. The Kier molecular flexibility index (Phi) is 5.93. The summed E-state index contributed by atoms with van der Waals surface area (Å²) in [6, 6.07) is 16.7. The van der Waals surface area contributed by atoms with Crippen LogP contribution in [0.25, 0.3) is 0 Å². The normalized spacial score (nSPS) is 14.4. The fourth-order valence-electron chi connectivity index (χ4n) is 2.39. The van der Waals surface area contributed by atoms with Crippen LogP contribution in [0.1, 0.15) is 24.1 Å². The summed E-state index contributed by atoms with van der Waals surface area (Å²) in [5.41, 5.74) is 2.09. The second kappa shape index (κ2) is 7.73. The van der Waals surface area contributed by atoms with Crippen LogP contribution in [0.2, 0.25) is 0 Å². The Labute approximate surface area is 138 Å². The highest BCUT2D eigenvalue weighted by molar-refractivity contribution is 7.90. The van der Waals surface area contributed by atoms with Gasteiger partial charge in [-0.1, -0.05) is 42.5 Å². The summed E-state index contributed by atoms with van der Waals surface area (Å²) in [7, 11) is -3.17. The first-order valence-corrected chi connectivity index (χ1v) is 9.51. The first-order chi connectivity index (χ1) is 10.9. The average Bonchev–Trinajstić information content (AvgIpc) is 2.53. The van der Waals surface area contributed by atoms with Gasteiger partial charge in [0.25, 0.3) is 0 Å². The van der Waals surface area contributed by atoms with Crippen molar-refractivity contribution >= 4 is 9.84 Å². The minimum absolute atomic E-state index is 0.0361. The largest absolute Gasteiger partial charge is 0.391 e. The smallest absolute Gasteiger partial charge is 0.175 e. The summed E-state index contributed by atoms with van der Waals surface area (Å²) in [6.45, 7) is 2.47. The third-order valence-electron chi connectivity index (χ3n) is 3.78. The van der Waals surface area contributed by atoms with Crippen molar-refractivity contribution in [1.29, 1.82) is 0 Å². The van der Waals surface area contributed by atoms with E-state index >= 15 is 0 Å². The maximum Gasteiger partial charge on any atom is 0.175 e. The summed E-state index contributed by atoms with van der Waals surface area (Å²) in [5, 5.41) is 13.4. The standard InChI is InChI=1S/C18H23NO3S/c1-14(16-8-10-18(11-9-16)23(2,21)22)19-13-17(20)12-15-6-4-3-5-7-15/h3-11,14,17,19-20H,12-13H2,1-2H3. The second-order valence-corrected chi connectivity index (χ2v) is 7.83. The molecule has 23 heavy (non-hydrogen) atoms. The third kappa shape index (κ3) is 5.46. The van der Waals surface area contributed by atoms with Gasteiger partial charge in [-0.05, 0) is 36.6 Å². The summed E-state index contributed by atoms with van der Waals surface area (Å²) < 4.78 is 22.9. The zero-order valence-electron chi connectivity index (χ0n) is 13.4. The highest BCUT2D eigenvalue weighted by Gasteiger charge is 2.11. The van der Waals surface area contributed by atoms with Crippen molar-refractivity contribution in [3.63, 3.8) is 0 Å². The van der Waals surface area contributed by atoms with Crippen LogP contribution >= 0.6 is 0 Å². The van der Waals surface area contributed by atoms with E-state index in [4.69, 9.17) is 0 Å². The summed E-state index contributed by atoms with van der Waals surface area (Å²) in [4.78, 5) is 0.317. The van der Waals surface area contributed by atoms with Gasteiger partial charge in [-0.3, -0.25) is 0 Å². The number of rotatable bonds is 7. The van der Waals surface area contributed by atoms with Gasteiger partial charge >= 0.3 is 0 Å². The van der Waals surface area contributed by atoms with Crippen LogP contribution in [0.15, 0.2) is 59.5 Å². The molecule has 0 spiro atoms. The lowest BCUT2D eigenvalue weighted by Gasteiger charge is -2.18. The minimum atomic E-state index is -3.17. The predicted octanol–water partition coefficient (Wildman–Crippen LogP) is 2.34. The first-order valence-electron chi connectivity index (χ1n) is 7.61. The molecule has 5 heteroatoms. The molecule has 0 aliphatic heterocycles. The topological polar surface area (TPSA) is 66.4 Å². The molecule has 0 heterocycles. The molecule has 2 aromatic rings. The Bertz CT molecular complexity index is 712. The molecule has 0 bridgehead atoms. The molecular weight excluding hydrogens is 310 g/mol. The first kappa shape index (κ1) is 17.7. The van der Waals surface area contributed by atoms with Crippen LogP contribution in [-0.4, -0.2) is 32.4 Å². The molecular formula is C18H23NO3S. The van der Waals surface area contributed by atoms with Crippen LogP contribution in [0.3, 0.4) is 0 Å². The quantitative estimate of drug-likeness (QED) is 0.816. The average molecular weight is 333 g/mol. The second-order valence-electron chi connectivity index (χ2n) is 5.81. The van der Waals surface area contributed by atoms with Crippen LogP contribution in [0, 0.1) is 0 Å². The van der Waals surface area contributed by atoms with Gasteiger partial charge in [-0.25, -0.2) is 8.42 Å². The van der Waals surface area contributed by atoms with Gasteiger partial charge < -0.3 is 10.4 Å². The molecule has 2 atom stereocenters. The van der Waals surface area contributed by atoms with Crippen LogP contribution in [0.4, 0.5) is 0 Å². The lowest BCUT2D eigenvalue weighted by molar-refractivity contribution is 0.168. The fourth-order valence-corrected chi connectivity index (χ4v) is 3.02. The van der Waals surface area contributed by atoms with Gasteiger partial charge in [-0.15, -0.1) is 0 Å². The zero-order chi connectivity index (χ0) is 16.9. The van der Waals surface area contributed by atoms with Crippen molar-refractivity contribution < 1.29 is 13.5 Å². The molecule has 2 unspecified atom stereocenters. The number of nitrogens with one attached hydrogen (secondary N) is 1. The molecule has 2 aromatic carbocycles. The number of aliphatic hydroxyl groups is 1. The van der Waals surface area contributed by atoms with E-state index in [0.29, 0.717) is 17.9 Å². The van der Waals surface area contributed by atoms with Gasteiger partial charge in [0.1, 0.15) is 0 Å². The summed E-state index contributed by atoms with van der Waals surface area (Å²) >= 11 is 0. The van der Waals surface area contributed by atoms with E-state index < -0.39 is 15.9 Å². The van der Waals surface area contributed by atoms with E-state index in [9.17, 15) is 13.5 Å². The third-order valence-corrected chi connectivity index (χ3v) is 4.91. The van der Waals surface area contributed by atoms with E-state index in [0.717, 1.165) is 11.1 Å². The van der Waals surface area contributed by atoms with Crippen molar-refractivity contribution in [3.8, 4) is 0 Å². The number of hydrogen-bond acceptors (Lipinski definition) is 4. The van der Waals surface area contributed by atoms with Crippen LogP contribution in [0.5, 0.6) is 0 Å². The van der Waals surface area contributed by atoms with Crippen molar-refractivity contribution in [2.75, 3.05) is 12.8 Å². The summed E-state index contributed by atoms with van der Waals surface area (Å²) in [5.74, 6) is 0. The Morgan fingerprint density at radius 2 is 1.65 bits per heavy atom. The van der Waals surface area contributed by atoms with Gasteiger partial charge in [0.05, 0.1) is 11.0 Å². The Hall–Kier alpha value is -1.69. The van der Waals surface area contributed by atoms with Gasteiger partial charge in [-0.2, -0.15) is 0 Å². The number of sulfone groups is 1. The van der Waals surface area contributed by atoms with Gasteiger partial charge in [0.15, 0.2) is 9.84 Å². The van der Waals surface area contributed by atoms with E-state index in [1.165, 1.54) is 6.26 Å². The molecule has 0 aliphatic rings. The Balaban J connectivity index is 1.88. The Morgan fingerprint density at radius 1 is 1.04 bits per heavy atom. The van der Waals surface area contributed by atoms with Crippen LogP contribution in [-0.2, 0) is 16.3 Å². The van der Waals surface area contributed by atoms with Crippen molar-refractivity contribution in [2.45, 2.75) is 30.4 Å². The molecule has 0 fully saturated rings. The zero-order valence-corrected chi connectivity index (χ0v) is 14.3. The molecule has 124 valence electrons. The fraction of sp³-hybridized carbons (Fsp3) is 0.333. The highest BCUT2D eigenvalue weighted by atomic mass is 32.2. The van der Waals surface area contributed by atoms with E-state index in [2.05, 4.69) is 5.32 Å². The van der Waals surface area contributed by atoms with E-state index in [1.807, 2.05) is 37.3 Å². The molecule has 0 amide bonds. The van der Waals surface area contributed by atoms with Crippen molar-refractivity contribution in [2.24, 2.45) is 0 Å². The number of hydrogen-bond donors (Lipinski definition) is 2. The lowest BCUT2D eigenvalue weighted by Crippen LogP contribution is -2.30. The van der Waals surface area contributed by atoms with Gasteiger partial charge in [0.2, 0.25) is 0 Å². The maximum atomic E-state index is 11.5. The predicted molar refractivity (Wildman–Crippen MR) is 92.1 cm³/mol. The van der Waals surface area contributed by atoms with Crippen LogP contribution < -0.4 is 5.32 Å². The molecule has 0 saturated carbocycles. The highest BCUT2D eigenvalue weighted by Crippen LogP contribution is 2.16. The minimum Gasteiger partial charge on any atom is -0.391 e. The molecule has 0 saturated heterocycles. The lowest BCUT2D eigenvalue weighted by atomic mass is 10.1.